The molecule has 0 radical (unpaired) electrons. The molecule has 1 aromatic carbocycles. The molecule has 0 spiro atoms. The molecule has 4 aromatic rings. The van der Waals surface area contributed by atoms with Gasteiger partial charge in [-0.1, -0.05) is 23.3 Å². The first kappa shape index (κ1) is 22.1. The molecular formula is C23H23FN8O. The molecule has 3 heterocycles. The van der Waals surface area contributed by atoms with Gasteiger partial charge in [0.25, 0.3) is 0 Å². The molecule has 0 bridgehead atoms. The van der Waals surface area contributed by atoms with Crippen molar-refractivity contribution in [3.63, 3.8) is 0 Å². The summed E-state index contributed by atoms with van der Waals surface area (Å²) >= 11 is 0. The Bertz CT molecular complexity index is 1370. The van der Waals surface area contributed by atoms with Crippen molar-refractivity contribution in [3.8, 4) is 35.1 Å². The smallest absolute Gasteiger partial charge is 0.193 e. The highest BCUT2D eigenvalue weighted by Crippen LogP contribution is 2.28. The van der Waals surface area contributed by atoms with E-state index in [1.807, 2.05) is 26.8 Å². The van der Waals surface area contributed by atoms with Crippen molar-refractivity contribution in [1.29, 1.82) is 0 Å². The van der Waals surface area contributed by atoms with Gasteiger partial charge in [0.15, 0.2) is 17.5 Å². The SMILES string of the molecule is C#Cc1cccc(-c2nc(N)c(F)c(-c3cn(Cc4ccn(C(C)(C)CO)n4)nn3)n2)c1C. The van der Waals surface area contributed by atoms with Crippen molar-refractivity contribution >= 4 is 5.82 Å². The van der Waals surface area contributed by atoms with Crippen LogP contribution in [0.1, 0.15) is 30.7 Å². The maximum Gasteiger partial charge on any atom is 0.193 e. The molecule has 3 N–H and O–H groups in total. The summed E-state index contributed by atoms with van der Waals surface area (Å²) in [6.45, 7) is 5.85. The fourth-order valence-electron chi connectivity index (χ4n) is 3.29. The average molecular weight is 446 g/mol. The molecule has 0 unspecified atom stereocenters. The molecule has 0 aliphatic carbocycles. The van der Waals surface area contributed by atoms with Gasteiger partial charge in [0, 0.05) is 17.3 Å². The lowest BCUT2D eigenvalue weighted by molar-refractivity contribution is 0.151. The number of aromatic nitrogens is 7. The number of anilines is 1. The number of hydrogen-bond donors (Lipinski definition) is 2. The van der Waals surface area contributed by atoms with Crippen LogP contribution in [0, 0.1) is 25.1 Å². The molecule has 0 atom stereocenters. The van der Waals surface area contributed by atoms with Gasteiger partial charge in [-0.15, -0.1) is 11.5 Å². The van der Waals surface area contributed by atoms with Crippen LogP contribution in [0.4, 0.5) is 10.2 Å². The number of nitrogen functional groups attached to an aromatic ring is 1. The van der Waals surface area contributed by atoms with Gasteiger partial charge in [0.05, 0.1) is 30.6 Å². The van der Waals surface area contributed by atoms with Crippen LogP contribution in [0.25, 0.3) is 22.8 Å². The standard InChI is InChI=1S/C23H23FN8O/c1-5-15-7-6-8-17(14(15)2)22-26-20(19(24)21(25)27-22)18-12-31(30-28-18)11-16-9-10-32(29-16)23(3,4)13-33/h1,6-10,12,33H,11,13H2,2-4H3,(H2,25,26,27). The quantitative estimate of drug-likeness (QED) is 0.436. The summed E-state index contributed by atoms with van der Waals surface area (Å²) in [6, 6.07) is 7.21. The Hall–Kier alpha value is -4.10. The molecule has 0 saturated carbocycles. The molecule has 3 aromatic heterocycles. The third-order valence-corrected chi connectivity index (χ3v) is 5.36. The Balaban J connectivity index is 1.67. The number of benzene rings is 1. The van der Waals surface area contributed by atoms with Crippen molar-refractivity contribution in [2.45, 2.75) is 32.9 Å². The van der Waals surface area contributed by atoms with E-state index < -0.39 is 11.4 Å². The number of halogens is 1. The third kappa shape index (κ3) is 4.18. The van der Waals surface area contributed by atoms with Gasteiger partial charge in [0.2, 0.25) is 0 Å². The van der Waals surface area contributed by atoms with Crippen molar-refractivity contribution in [3.05, 3.63) is 59.3 Å². The summed E-state index contributed by atoms with van der Waals surface area (Å²) < 4.78 is 18.0. The minimum atomic E-state index is -0.773. The lowest BCUT2D eigenvalue weighted by atomic mass is 10.0. The average Bonchev–Trinajstić information content (AvgIpc) is 3.46. The monoisotopic (exact) mass is 446 g/mol. The molecule has 0 aliphatic heterocycles. The summed E-state index contributed by atoms with van der Waals surface area (Å²) in [5.41, 5.74) is 8.32. The predicted octanol–water partition coefficient (Wildman–Crippen LogP) is 2.39. The van der Waals surface area contributed by atoms with Crippen molar-refractivity contribution in [2.24, 2.45) is 0 Å². The van der Waals surface area contributed by atoms with Crippen molar-refractivity contribution < 1.29 is 9.50 Å². The second-order valence-electron chi connectivity index (χ2n) is 8.24. The Morgan fingerprint density at radius 2 is 2.03 bits per heavy atom. The molecule has 0 aliphatic rings. The molecule has 0 saturated heterocycles. The fraction of sp³-hybridized carbons (Fsp3) is 0.261. The summed E-state index contributed by atoms with van der Waals surface area (Å²) in [5.74, 6) is 1.79. The Morgan fingerprint density at radius 1 is 1.24 bits per heavy atom. The third-order valence-electron chi connectivity index (χ3n) is 5.36. The summed E-state index contributed by atoms with van der Waals surface area (Å²) in [4.78, 5) is 8.49. The molecule has 0 fully saturated rings. The number of hydrogen-bond acceptors (Lipinski definition) is 7. The van der Waals surface area contributed by atoms with E-state index in [-0.39, 0.29) is 29.6 Å². The van der Waals surface area contributed by atoms with Crippen LogP contribution in [0.2, 0.25) is 0 Å². The number of nitrogens with two attached hydrogens (primary N) is 1. The maximum atomic E-state index is 14.8. The fourth-order valence-corrected chi connectivity index (χ4v) is 3.29. The van der Waals surface area contributed by atoms with E-state index in [2.05, 4.69) is 31.3 Å². The summed E-state index contributed by atoms with van der Waals surface area (Å²) in [6.07, 6.45) is 8.91. The first-order chi connectivity index (χ1) is 15.7. The summed E-state index contributed by atoms with van der Waals surface area (Å²) in [7, 11) is 0. The summed E-state index contributed by atoms with van der Waals surface area (Å²) in [5, 5.41) is 22.1. The maximum absolute atomic E-state index is 14.8. The van der Waals surface area contributed by atoms with E-state index in [0.29, 0.717) is 23.4 Å². The molecular weight excluding hydrogens is 423 g/mol. The van der Waals surface area contributed by atoms with Crippen LogP contribution in [0.5, 0.6) is 0 Å². The zero-order valence-corrected chi connectivity index (χ0v) is 18.5. The number of aliphatic hydroxyl groups is 1. The first-order valence-corrected chi connectivity index (χ1v) is 10.2. The minimum absolute atomic E-state index is 0.0535. The van der Waals surface area contributed by atoms with Crippen LogP contribution >= 0.6 is 0 Å². The normalized spacial score (nSPS) is 11.5. The van der Waals surface area contributed by atoms with E-state index in [0.717, 1.165) is 5.56 Å². The lowest BCUT2D eigenvalue weighted by Crippen LogP contribution is -2.31. The van der Waals surface area contributed by atoms with Gasteiger partial charge in [-0.3, -0.25) is 4.68 Å². The van der Waals surface area contributed by atoms with E-state index >= 15 is 0 Å². The highest BCUT2D eigenvalue weighted by molar-refractivity contribution is 5.69. The van der Waals surface area contributed by atoms with E-state index in [9.17, 15) is 9.50 Å². The second kappa shape index (κ2) is 8.44. The van der Waals surface area contributed by atoms with E-state index in [1.165, 1.54) is 4.68 Å². The molecule has 0 amide bonds. The molecule has 10 heteroatoms. The Morgan fingerprint density at radius 3 is 2.76 bits per heavy atom. The molecule has 4 rings (SSSR count). The first-order valence-electron chi connectivity index (χ1n) is 10.2. The van der Waals surface area contributed by atoms with Crippen LogP contribution < -0.4 is 5.73 Å². The lowest BCUT2D eigenvalue weighted by Gasteiger charge is -2.22. The van der Waals surface area contributed by atoms with Crippen molar-refractivity contribution in [2.75, 3.05) is 12.3 Å². The highest BCUT2D eigenvalue weighted by Gasteiger charge is 2.21. The number of nitrogens with zero attached hydrogens (tertiary/aromatic N) is 7. The van der Waals surface area contributed by atoms with Crippen LogP contribution in [0.15, 0.2) is 36.7 Å². The van der Waals surface area contributed by atoms with E-state index in [1.54, 1.807) is 35.3 Å². The van der Waals surface area contributed by atoms with E-state index in [4.69, 9.17) is 12.2 Å². The van der Waals surface area contributed by atoms with Gasteiger partial charge in [-0.2, -0.15) is 5.10 Å². The zero-order valence-electron chi connectivity index (χ0n) is 18.5. The Labute approximate surface area is 190 Å². The van der Waals surface area contributed by atoms with Gasteiger partial charge >= 0.3 is 0 Å². The second-order valence-corrected chi connectivity index (χ2v) is 8.24. The number of aliphatic hydroxyl groups excluding tert-OH is 1. The number of terminal acetylenes is 1. The molecule has 168 valence electrons. The van der Waals surface area contributed by atoms with Crippen LogP contribution in [0.3, 0.4) is 0 Å². The highest BCUT2D eigenvalue weighted by atomic mass is 19.1. The molecule has 9 nitrogen and oxygen atoms in total. The minimum Gasteiger partial charge on any atom is -0.394 e. The molecule has 33 heavy (non-hydrogen) atoms. The van der Waals surface area contributed by atoms with Gasteiger partial charge < -0.3 is 10.8 Å². The Kier molecular flexibility index (Phi) is 5.66. The topological polar surface area (TPSA) is 121 Å². The van der Waals surface area contributed by atoms with Gasteiger partial charge in [0.1, 0.15) is 11.4 Å². The van der Waals surface area contributed by atoms with Gasteiger partial charge in [-0.25, -0.2) is 19.0 Å². The van der Waals surface area contributed by atoms with Gasteiger partial charge in [-0.05, 0) is 38.5 Å². The largest absolute Gasteiger partial charge is 0.394 e. The van der Waals surface area contributed by atoms with Crippen LogP contribution in [-0.4, -0.2) is 46.5 Å². The predicted molar refractivity (Wildman–Crippen MR) is 121 cm³/mol. The zero-order chi connectivity index (χ0) is 23.8. The van der Waals surface area contributed by atoms with Crippen molar-refractivity contribution in [1.82, 2.24) is 34.7 Å². The number of rotatable bonds is 6. The van der Waals surface area contributed by atoms with Crippen LogP contribution in [-0.2, 0) is 12.1 Å².